The van der Waals surface area contributed by atoms with Crippen LogP contribution >= 0.6 is 15.9 Å². The molecule has 0 saturated heterocycles. The lowest BCUT2D eigenvalue weighted by atomic mass is 10.0. The van der Waals surface area contributed by atoms with Gasteiger partial charge < -0.3 is 4.74 Å². The molecule has 6 heteroatoms. The van der Waals surface area contributed by atoms with E-state index in [1.54, 1.807) is 18.2 Å². The minimum atomic E-state index is -0.478. The Bertz CT molecular complexity index is 1120. The number of nitrogens with zero attached hydrogens (tertiary/aromatic N) is 2. The highest BCUT2D eigenvalue weighted by Crippen LogP contribution is 2.29. The molecule has 3 rings (SSSR count). The van der Waals surface area contributed by atoms with Gasteiger partial charge in [0.2, 0.25) is 0 Å². The van der Waals surface area contributed by atoms with Crippen molar-refractivity contribution in [2.45, 2.75) is 13.5 Å². The summed E-state index contributed by atoms with van der Waals surface area (Å²) >= 11 is 3.44. The van der Waals surface area contributed by atoms with Crippen LogP contribution in [0.15, 0.2) is 71.2 Å². The lowest BCUT2D eigenvalue weighted by molar-refractivity contribution is -0.384. The van der Waals surface area contributed by atoms with E-state index in [0.29, 0.717) is 29.1 Å². The van der Waals surface area contributed by atoms with Gasteiger partial charge in [-0.1, -0.05) is 57.9 Å². The van der Waals surface area contributed by atoms with Crippen LogP contribution in [0.2, 0.25) is 0 Å². The number of aryl methyl sites for hydroxylation is 1. The van der Waals surface area contributed by atoms with E-state index in [-0.39, 0.29) is 5.69 Å². The third-order valence-electron chi connectivity index (χ3n) is 4.28. The van der Waals surface area contributed by atoms with Crippen molar-refractivity contribution in [1.29, 1.82) is 5.26 Å². The molecular weight excluding hydrogens is 432 g/mol. The molecule has 0 aromatic heterocycles. The molecule has 0 bridgehead atoms. The first-order valence-corrected chi connectivity index (χ1v) is 9.60. The Morgan fingerprint density at radius 1 is 1.17 bits per heavy atom. The largest absolute Gasteiger partial charge is 0.488 e. The second kappa shape index (κ2) is 9.18. The molecule has 0 radical (unpaired) electrons. The van der Waals surface area contributed by atoms with Crippen LogP contribution in [0.3, 0.4) is 0 Å². The number of hydrogen-bond donors (Lipinski definition) is 0. The van der Waals surface area contributed by atoms with Crippen LogP contribution in [0, 0.1) is 28.4 Å². The second-order valence-electron chi connectivity index (χ2n) is 6.43. The third kappa shape index (κ3) is 5.31. The Labute approximate surface area is 177 Å². The molecule has 3 aromatic rings. The molecule has 29 heavy (non-hydrogen) atoms. The van der Waals surface area contributed by atoms with Gasteiger partial charge in [0.15, 0.2) is 0 Å². The summed E-state index contributed by atoms with van der Waals surface area (Å²) in [6.45, 7) is 2.42. The van der Waals surface area contributed by atoms with Crippen molar-refractivity contribution in [2.75, 3.05) is 0 Å². The predicted molar refractivity (Wildman–Crippen MR) is 116 cm³/mol. The molecule has 0 aliphatic carbocycles. The zero-order valence-corrected chi connectivity index (χ0v) is 17.2. The SMILES string of the molecule is Cc1ccc(COc2ccc(Br)cc2/C=C(/C#N)c2cccc([N+](=O)[O-])c2)cc1. The van der Waals surface area contributed by atoms with Gasteiger partial charge in [0.1, 0.15) is 12.4 Å². The molecular formula is C23H17BrN2O3. The Morgan fingerprint density at radius 2 is 1.93 bits per heavy atom. The summed E-state index contributed by atoms with van der Waals surface area (Å²) in [6.07, 6.45) is 1.67. The summed E-state index contributed by atoms with van der Waals surface area (Å²) in [5.74, 6) is 0.618. The summed E-state index contributed by atoms with van der Waals surface area (Å²) in [5.41, 5.74) is 3.64. The van der Waals surface area contributed by atoms with E-state index in [9.17, 15) is 15.4 Å². The molecule has 0 aliphatic rings. The first-order valence-electron chi connectivity index (χ1n) is 8.81. The molecule has 0 amide bonds. The smallest absolute Gasteiger partial charge is 0.270 e. The summed E-state index contributed by atoms with van der Waals surface area (Å²) < 4.78 is 6.81. The Balaban J connectivity index is 1.93. The van der Waals surface area contributed by atoms with Gasteiger partial charge in [0.25, 0.3) is 5.69 Å². The molecule has 144 valence electrons. The fraction of sp³-hybridized carbons (Fsp3) is 0.0870. The van der Waals surface area contributed by atoms with Crippen molar-refractivity contribution in [3.63, 3.8) is 0 Å². The van der Waals surface area contributed by atoms with E-state index in [1.165, 1.54) is 17.7 Å². The first-order chi connectivity index (χ1) is 14.0. The van der Waals surface area contributed by atoms with Crippen LogP contribution in [-0.2, 0) is 6.61 Å². The van der Waals surface area contributed by atoms with E-state index in [0.717, 1.165) is 10.0 Å². The van der Waals surface area contributed by atoms with Gasteiger partial charge in [-0.15, -0.1) is 0 Å². The average Bonchev–Trinajstić information content (AvgIpc) is 2.72. The number of nitro groups is 1. The van der Waals surface area contributed by atoms with Crippen LogP contribution in [0.1, 0.15) is 22.3 Å². The van der Waals surface area contributed by atoms with Crippen molar-refractivity contribution in [2.24, 2.45) is 0 Å². The van der Waals surface area contributed by atoms with Crippen LogP contribution in [0.4, 0.5) is 5.69 Å². The van der Waals surface area contributed by atoms with Crippen LogP contribution in [-0.4, -0.2) is 4.92 Å². The third-order valence-corrected chi connectivity index (χ3v) is 4.77. The molecule has 0 N–H and O–H groups in total. The first kappa shape index (κ1) is 20.3. The van der Waals surface area contributed by atoms with Gasteiger partial charge >= 0.3 is 0 Å². The topological polar surface area (TPSA) is 76.2 Å². The van der Waals surface area contributed by atoms with Gasteiger partial charge in [-0.25, -0.2) is 0 Å². The zero-order valence-electron chi connectivity index (χ0n) is 15.6. The van der Waals surface area contributed by atoms with Crippen molar-refractivity contribution < 1.29 is 9.66 Å². The number of nitriles is 1. The highest BCUT2D eigenvalue weighted by Gasteiger charge is 2.11. The number of nitro benzene ring substituents is 1. The van der Waals surface area contributed by atoms with Gasteiger partial charge in [-0.3, -0.25) is 10.1 Å². The monoisotopic (exact) mass is 448 g/mol. The van der Waals surface area contributed by atoms with Crippen molar-refractivity contribution in [3.8, 4) is 11.8 Å². The van der Waals surface area contributed by atoms with E-state index < -0.39 is 4.92 Å². The van der Waals surface area contributed by atoms with Crippen molar-refractivity contribution in [3.05, 3.63) is 104 Å². The summed E-state index contributed by atoms with van der Waals surface area (Å²) in [7, 11) is 0. The van der Waals surface area contributed by atoms with Crippen molar-refractivity contribution >= 4 is 33.3 Å². The quantitative estimate of drug-likeness (QED) is 0.191. The van der Waals surface area contributed by atoms with Crippen LogP contribution in [0.25, 0.3) is 11.6 Å². The molecule has 0 saturated carbocycles. The summed E-state index contributed by atoms with van der Waals surface area (Å²) in [4.78, 5) is 10.6. The lowest BCUT2D eigenvalue weighted by Gasteiger charge is -2.11. The summed E-state index contributed by atoms with van der Waals surface area (Å²) in [5, 5.41) is 20.7. The van der Waals surface area contributed by atoms with E-state index in [1.807, 2.05) is 49.4 Å². The number of non-ortho nitro benzene ring substituents is 1. The molecule has 0 spiro atoms. The summed E-state index contributed by atoms with van der Waals surface area (Å²) in [6, 6.07) is 21.7. The number of benzene rings is 3. The number of allylic oxidation sites excluding steroid dienone is 1. The second-order valence-corrected chi connectivity index (χ2v) is 7.35. The molecule has 0 fully saturated rings. The van der Waals surface area contributed by atoms with Crippen molar-refractivity contribution in [1.82, 2.24) is 0 Å². The van der Waals surface area contributed by atoms with E-state index >= 15 is 0 Å². The molecule has 0 heterocycles. The maximum absolute atomic E-state index is 11.0. The van der Waals surface area contributed by atoms with Gasteiger partial charge in [0, 0.05) is 22.2 Å². The fourth-order valence-electron chi connectivity index (χ4n) is 2.73. The van der Waals surface area contributed by atoms with E-state index in [4.69, 9.17) is 4.74 Å². The molecule has 0 unspecified atom stereocenters. The van der Waals surface area contributed by atoms with Gasteiger partial charge in [0.05, 0.1) is 16.6 Å². The van der Waals surface area contributed by atoms with Gasteiger partial charge in [-0.2, -0.15) is 5.26 Å². The minimum absolute atomic E-state index is 0.0614. The minimum Gasteiger partial charge on any atom is -0.488 e. The number of ether oxygens (including phenoxy) is 1. The molecule has 0 aliphatic heterocycles. The zero-order chi connectivity index (χ0) is 20.8. The highest BCUT2D eigenvalue weighted by atomic mass is 79.9. The normalized spacial score (nSPS) is 11.0. The average molecular weight is 449 g/mol. The fourth-order valence-corrected chi connectivity index (χ4v) is 3.11. The predicted octanol–water partition coefficient (Wildman–Crippen LogP) is 6.31. The van der Waals surface area contributed by atoms with Crippen LogP contribution in [0.5, 0.6) is 5.75 Å². The Morgan fingerprint density at radius 3 is 2.62 bits per heavy atom. The Kier molecular flexibility index (Phi) is 6.43. The maximum Gasteiger partial charge on any atom is 0.270 e. The number of halogens is 1. The standard InChI is InChI=1S/C23H17BrN2O3/c1-16-5-7-17(8-6-16)15-29-23-10-9-21(24)12-19(23)11-20(14-25)18-3-2-4-22(13-18)26(27)28/h2-13H,15H2,1H3/b20-11-. The maximum atomic E-state index is 11.0. The van der Waals surface area contributed by atoms with Gasteiger partial charge in [-0.05, 0) is 42.3 Å². The molecule has 3 aromatic carbocycles. The molecule has 5 nitrogen and oxygen atoms in total. The van der Waals surface area contributed by atoms with Crippen LogP contribution < -0.4 is 4.74 Å². The van der Waals surface area contributed by atoms with E-state index in [2.05, 4.69) is 22.0 Å². The molecule has 0 atom stereocenters. The number of rotatable bonds is 6. The Hall–Kier alpha value is -3.43. The number of hydrogen-bond acceptors (Lipinski definition) is 4. The lowest BCUT2D eigenvalue weighted by Crippen LogP contribution is -1.97. The highest BCUT2D eigenvalue weighted by molar-refractivity contribution is 9.10.